The Bertz CT molecular complexity index is 3410. The van der Waals surface area contributed by atoms with Crippen molar-refractivity contribution in [3.63, 3.8) is 0 Å². The Morgan fingerprint density at radius 2 is 0.879 bits per heavy atom. The number of hydrogen-bond donors (Lipinski definition) is 0. The zero-order valence-corrected chi connectivity index (χ0v) is 32.1. The molecule has 0 saturated heterocycles. The van der Waals surface area contributed by atoms with Crippen LogP contribution in [-0.2, 0) is 5.41 Å². The molecule has 2 heterocycles. The summed E-state index contributed by atoms with van der Waals surface area (Å²) in [6.07, 6.45) is 0. The second-order valence-corrected chi connectivity index (χ2v) is 16.0. The molecule has 0 bridgehead atoms. The molecule has 11 aromatic rings. The molecule has 0 saturated carbocycles. The maximum absolute atomic E-state index is 5.07. The Hall–Kier alpha value is -7.43. The molecule has 0 spiro atoms. The van der Waals surface area contributed by atoms with Crippen LogP contribution < -0.4 is 0 Å². The molecular formula is C54H36N4. The Morgan fingerprint density at radius 1 is 0.379 bits per heavy atom. The van der Waals surface area contributed by atoms with Gasteiger partial charge in [0.1, 0.15) is 0 Å². The smallest absolute Gasteiger partial charge is 0.164 e. The predicted octanol–water partition coefficient (Wildman–Crippen LogP) is 13.7. The molecule has 0 N–H and O–H groups in total. The molecule has 0 aliphatic heterocycles. The van der Waals surface area contributed by atoms with Crippen molar-refractivity contribution < 1.29 is 0 Å². The normalized spacial score (nSPS) is 13.1. The maximum atomic E-state index is 5.07. The van der Waals surface area contributed by atoms with E-state index in [4.69, 9.17) is 15.0 Å². The zero-order chi connectivity index (χ0) is 38.5. The summed E-state index contributed by atoms with van der Waals surface area (Å²) in [4.78, 5) is 15.1. The quantitative estimate of drug-likeness (QED) is 0.169. The van der Waals surface area contributed by atoms with E-state index in [1.807, 2.05) is 60.7 Å². The van der Waals surface area contributed by atoms with Crippen molar-refractivity contribution in [2.75, 3.05) is 0 Å². The van der Waals surface area contributed by atoms with E-state index in [0.717, 1.165) is 22.4 Å². The predicted molar refractivity (Wildman–Crippen MR) is 241 cm³/mol. The molecule has 0 atom stereocenters. The van der Waals surface area contributed by atoms with E-state index < -0.39 is 0 Å². The van der Waals surface area contributed by atoms with Crippen LogP contribution in [0.1, 0.15) is 25.0 Å². The van der Waals surface area contributed by atoms with Gasteiger partial charge in [-0.15, -0.1) is 0 Å². The molecule has 272 valence electrons. The fourth-order valence-corrected chi connectivity index (χ4v) is 9.76. The summed E-state index contributed by atoms with van der Waals surface area (Å²) in [6.45, 7) is 4.82. The second-order valence-electron chi connectivity index (χ2n) is 16.0. The summed E-state index contributed by atoms with van der Waals surface area (Å²) in [6, 6.07) is 65.2. The number of rotatable bonds is 4. The van der Waals surface area contributed by atoms with E-state index in [1.165, 1.54) is 76.4 Å². The maximum Gasteiger partial charge on any atom is 0.164 e. The Kier molecular flexibility index (Phi) is 6.94. The molecule has 1 aliphatic rings. The van der Waals surface area contributed by atoms with Crippen LogP contribution in [0, 0.1) is 0 Å². The molecule has 4 nitrogen and oxygen atoms in total. The number of fused-ring (bicyclic) bond motifs is 13. The number of para-hydroxylation sites is 1. The Labute approximate surface area is 335 Å². The van der Waals surface area contributed by atoms with Gasteiger partial charge in [0.25, 0.3) is 0 Å². The molecule has 0 fully saturated rings. The molecule has 9 aromatic carbocycles. The number of hydrogen-bond acceptors (Lipinski definition) is 3. The van der Waals surface area contributed by atoms with Crippen LogP contribution >= 0.6 is 0 Å². The van der Waals surface area contributed by atoms with E-state index in [9.17, 15) is 0 Å². The molecule has 0 unspecified atom stereocenters. The highest BCUT2D eigenvalue weighted by Crippen LogP contribution is 2.55. The minimum absolute atomic E-state index is 0.242. The molecule has 4 heteroatoms. The van der Waals surface area contributed by atoms with Crippen molar-refractivity contribution in [2.24, 2.45) is 0 Å². The summed E-state index contributed by atoms with van der Waals surface area (Å²) in [5.41, 5.74) is 11.4. The van der Waals surface area contributed by atoms with Crippen molar-refractivity contribution in [2.45, 2.75) is 19.3 Å². The summed E-state index contributed by atoms with van der Waals surface area (Å²) < 4.78 is 2.42. The molecule has 12 rings (SSSR count). The SMILES string of the molecule is CC1(C)c2cc3c4ccccc4c4ccccc4c3cc2-c2ccc3c(c21)c1ccccc1n3-c1cccc(-c2nc(-c3ccccc3)nc(-c3ccccc3)n2)c1. The van der Waals surface area contributed by atoms with Crippen molar-refractivity contribution >= 4 is 54.1 Å². The van der Waals surface area contributed by atoms with Gasteiger partial charge in [-0.3, -0.25) is 0 Å². The van der Waals surface area contributed by atoms with Gasteiger partial charge in [0.2, 0.25) is 0 Å². The first-order valence-corrected chi connectivity index (χ1v) is 20.0. The van der Waals surface area contributed by atoms with E-state index in [2.05, 4.69) is 140 Å². The second kappa shape index (κ2) is 12.3. The third-order valence-electron chi connectivity index (χ3n) is 12.4. The lowest BCUT2D eigenvalue weighted by atomic mass is 9.79. The van der Waals surface area contributed by atoms with Gasteiger partial charge >= 0.3 is 0 Å². The largest absolute Gasteiger partial charge is 0.309 e. The van der Waals surface area contributed by atoms with Crippen molar-refractivity contribution in [3.8, 4) is 51.0 Å². The number of aromatic nitrogens is 4. The van der Waals surface area contributed by atoms with Crippen LogP contribution in [0.2, 0.25) is 0 Å². The van der Waals surface area contributed by atoms with Gasteiger partial charge in [-0.05, 0) is 91.0 Å². The lowest BCUT2D eigenvalue weighted by Crippen LogP contribution is -2.15. The monoisotopic (exact) mass is 740 g/mol. The lowest BCUT2D eigenvalue weighted by molar-refractivity contribution is 0.667. The van der Waals surface area contributed by atoms with Crippen LogP contribution in [0.3, 0.4) is 0 Å². The summed E-state index contributed by atoms with van der Waals surface area (Å²) in [5.74, 6) is 1.94. The van der Waals surface area contributed by atoms with Gasteiger partial charge in [-0.25, -0.2) is 15.0 Å². The fourth-order valence-electron chi connectivity index (χ4n) is 9.76. The highest BCUT2D eigenvalue weighted by atomic mass is 15.0. The highest BCUT2D eigenvalue weighted by Gasteiger charge is 2.39. The molecule has 0 amide bonds. The first-order valence-electron chi connectivity index (χ1n) is 20.0. The number of nitrogens with zero attached hydrogens (tertiary/aromatic N) is 4. The van der Waals surface area contributed by atoms with Crippen LogP contribution in [-0.4, -0.2) is 19.5 Å². The van der Waals surface area contributed by atoms with Gasteiger partial charge in [-0.2, -0.15) is 0 Å². The summed E-state index contributed by atoms with van der Waals surface area (Å²) >= 11 is 0. The van der Waals surface area contributed by atoms with Crippen LogP contribution in [0.15, 0.2) is 182 Å². The van der Waals surface area contributed by atoms with E-state index in [-0.39, 0.29) is 5.41 Å². The van der Waals surface area contributed by atoms with Gasteiger partial charge in [0.05, 0.1) is 11.0 Å². The molecule has 2 aromatic heterocycles. The average molecular weight is 741 g/mol. The topological polar surface area (TPSA) is 43.6 Å². The third-order valence-corrected chi connectivity index (χ3v) is 12.4. The van der Waals surface area contributed by atoms with Gasteiger partial charge in [0, 0.05) is 38.6 Å². The van der Waals surface area contributed by atoms with Crippen molar-refractivity contribution in [3.05, 3.63) is 193 Å². The van der Waals surface area contributed by atoms with Crippen molar-refractivity contribution in [1.82, 2.24) is 19.5 Å². The van der Waals surface area contributed by atoms with E-state index in [0.29, 0.717) is 17.5 Å². The molecule has 0 radical (unpaired) electrons. The van der Waals surface area contributed by atoms with Gasteiger partial charge in [-0.1, -0.05) is 159 Å². The minimum atomic E-state index is -0.242. The fraction of sp³-hybridized carbons (Fsp3) is 0.0556. The van der Waals surface area contributed by atoms with E-state index >= 15 is 0 Å². The Morgan fingerprint density at radius 3 is 1.50 bits per heavy atom. The molecular weight excluding hydrogens is 705 g/mol. The first kappa shape index (κ1) is 32.8. The van der Waals surface area contributed by atoms with Gasteiger partial charge < -0.3 is 4.57 Å². The van der Waals surface area contributed by atoms with Gasteiger partial charge in [0.15, 0.2) is 17.5 Å². The molecule has 58 heavy (non-hydrogen) atoms. The molecule has 1 aliphatic carbocycles. The van der Waals surface area contributed by atoms with Crippen LogP contribution in [0.25, 0.3) is 105 Å². The summed E-state index contributed by atoms with van der Waals surface area (Å²) in [7, 11) is 0. The van der Waals surface area contributed by atoms with Crippen LogP contribution in [0.5, 0.6) is 0 Å². The third kappa shape index (κ3) is 4.72. The average Bonchev–Trinajstić information content (AvgIpc) is 3.74. The lowest BCUT2D eigenvalue weighted by Gasteiger charge is -2.23. The number of benzene rings is 9. The zero-order valence-electron chi connectivity index (χ0n) is 32.1. The Balaban J connectivity index is 1.07. The first-order chi connectivity index (χ1) is 28.5. The van der Waals surface area contributed by atoms with E-state index in [1.54, 1.807) is 0 Å². The van der Waals surface area contributed by atoms with Crippen molar-refractivity contribution in [1.29, 1.82) is 0 Å². The van der Waals surface area contributed by atoms with Crippen LogP contribution in [0.4, 0.5) is 0 Å². The summed E-state index contributed by atoms with van der Waals surface area (Å²) in [5, 5.41) is 10.4. The highest BCUT2D eigenvalue weighted by molar-refractivity contribution is 6.26. The minimum Gasteiger partial charge on any atom is -0.309 e. The standard InChI is InChI=1S/C54H36N4/c1-54(2)46-32-44-40-25-12-10-23-38(40)37-22-9-11-24-39(37)43(44)31-45(46)41-28-29-48-49(50(41)54)42-26-13-14-27-47(42)58(48)36-21-15-20-35(30-36)53-56-51(33-16-5-3-6-17-33)55-52(57-53)34-18-7-4-8-19-34/h3-32H,1-2H3.